The maximum Gasteiger partial charge on any atom is 0.333 e. The van der Waals surface area contributed by atoms with Crippen molar-refractivity contribution in [3.05, 3.63) is 47.5 Å². The Bertz CT molecular complexity index is 611. The van der Waals surface area contributed by atoms with E-state index >= 15 is 0 Å². The van der Waals surface area contributed by atoms with Crippen LogP contribution < -0.4 is 0 Å². The summed E-state index contributed by atoms with van der Waals surface area (Å²) in [6, 6.07) is 8.58. The molecule has 3 nitrogen and oxygen atoms in total. The monoisotopic (exact) mass is 400 g/mol. The van der Waals surface area contributed by atoms with Crippen LogP contribution in [-0.4, -0.2) is 24.3 Å². The van der Waals surface area contributed by atoms with Gasteiger partial charge in [-0.3, -0.25) is 0 Å². The molecule has 0 spiro atoms. The first-order chi connectivity index (χ1) is 14.0. The molecule has 0 amide bonds. The second kappa shape index (κ2) is 12.8. The summed E-state index contributed by atoms with van der Waals surface area (Å²) in [6.07, 6.45) is 13.6. The van der Waals surface area contributed by atoms with E-state index in [9.17, 15) is 9.90 Å². The van der Waals surface area contributed by atoms with E-state index in [0.717, 1.165) is 11.5 Å². The molecule has 3 heteroatoms. The molecule has 1 atom stereocenters. The van der Waals surface area contributed by atoms with E-state index in [2.05, 4.69) is 37.8 Å². The first kappa shape index (κ1) is 23.7. The van der Waals surface area contributed by atoms with Crippen molar-refractivity contribution in [2.24, 2.45) is 5.92 Å². The standard InChI is InChI=1S/C26H40O3/c1-4-5-6-7-8-9-21-10-12-22(13-11-21)23-14-16-24(17-15-23)25(18-27)19-29-26(28)20(2)3/h14-17,21-22,25,27H,2,4-13,18-19H2,1,3H3. The van der Waals surface area contributed by atoms with Crippen LogP contribution in [0.2, 0.25) is 0 Å². The summed E-state index contributed by atoms with van der Waals surface area (Å²) < 4.78 is 5.22. The molecule has 162 valence electrons. The minimum absolute atomic E-state index is 0.0355. The molecule has 2 rings (SSSR count). The summed E-state index contributed by atoms with van der Waals surface area (Å²) in [4.78, 5) is 11.6. The zero-order chi connectivity index (χ0) is 21.1. The van der Waals surface area contributed by atoms with E-state index < -0.39 is 5.97 Å². The molecule has 1 N–H and O–H groups in total. The molecule has 0 radical (unpaired) electrons. The number of unbranched alkanes of at least 4 members (excludes halogenated alkanes) is 4. The number of hydrogen-bond acceptors (Lipinski definition) is 3. The van der Waals surface area contributed by atoms with Crippen molar-refractivity contribution in [3.8, 4) is 0 Å². The molecule has 29 heavy (non-hydrogen) atoms. The highest BCUT2D eigenvalue weighted by Gasteiger charge is 2.22. The van der Waals surface area contributed by atoms with Gasteiger partial charge in [0.15, 0.2) is 0 Å². The number of carbonyl (C=O) groups is 1. The topological polar surface area (TPSA) is 46.5 Å². The molecule has 1 aromatic rings. The predicted molar refractivity (Wildman–Crippen MR) is 120 cm³/mol. The van der Waals surface area contributed by atoms with E-state index in [4.69, 9.17) is 4.74 Å². The van der Waals surface area contributed by atoms with Crippen LogP contribution in [-0.2, 0) is 9.53 Å². The Morgan fingerprint density at radius 3 is 2.34 bits per heavy atom. The SMILES string of the molecule is C=C(C)C(=O)OCC(CO)c1ccc(C2CCC(CCCCCCC)CC2)cc1. The van der Waals surface area contributed by atoms with Crippen LogP contribution in [0.4, 0.5) is 0 Å². The summed E-state index contributed by atoms with van der Waals surface area (Å²) in [5.41, 5.74) is 2.81. The summed E-state index contributed by atoms with van der Waals surface area (Å²) in [5.74, 6) is 1.00. The van der Waals surface area contributed by atoms with Gasteiger partial charge in [0, 0.05) is 11.5 Å². The van der Waals surface area contributed by atoms with Gasteiger partial charge in [0.25, 0.3) is 0 Å². The summed E-state index contributed by atoms with van der Waals surface area (Å²) in [6.45, 7) is 7.65. The third-order valence-electron chi connectivity index (χ3n) is 6.43. The second-order valence-electron chi connectivity index (χ2n) is 8.85. The molecule has 1 saturated carbocycles. The second-order valence-corrected chi connectivity index (χ2v) is 8.85. The minimum atomic E-state index is -0.401. The zero-order valence-corrected chi connectivity index (χ0v) is 18.5. The highest BCUT2D eigenvalue weighted by atomic mass is 16.5. The van der Waals surface area contributed by atoms with Gasteiger partial charge < -0.3 is 9.84 Å². The number of benzene rings is 1. The van der Waals surface area contributed by atoms with Crippen molar-refractivity contribution < 1.29 is 14.6 Å². The number of rotatable bonds is 12. The number of aliphatic hydroxyl groups is 1. The fourth-order valence-electron chi connectivity index (χ4n) is 4.42. The fourth-order valence-corrected chi connectivity index (χ4v) is 4.42. The number of ether oxygens (including phenoxy) is 1. The molecule has 0 bridgehead atoms. The average molecular weight is 401 g/mol. The van der Waals surface area contributed by atoms with E-state index in [1.54, 1.807) is 6.92 Å². The van der Waals surface area contributed by atoms with Crippen LogP contribution in [0.5, 0.6) is 0 Å². The Kier molecular flexibility index (Phi) is 10.5. The van der Waals surface area contributed by atoms with E-state index in [-0.39, 0.29) is 19.1 Å². The maximum absolute atomic E-state index is 11.6. The predicted octanol–water partition coefficient (Wildman–Crippen LogP) is 6.52. The van der Waals surface area contributed by atoms with Crippen molar-refractivity contribution >= 4 is 5.97 Å². The lowest BCUT2D eigenvalue weighted by molar-refractivity contribution is -0.139. The number of aliphatic hydroxyl groups excluding tert-OH is 1. The van der Waals surface area contributed by atoms with Crippen molar-refractivity contribution in [2.75, 3.05) is 13.2 Å². The summed E-state index contributed by atoms with van der Waals surface area (Å²) in [7, 11) is 0. The molecule has 1 fully saturated rings. The third-order valence-corrected chi connectivity index (χ3v) is 6.43. The summed E-state index contributed by atoms with van der Waals surface area (Å²) >= 11 is 0. The molecule has 0 aromatic heterocycles. The molecular formula is C26H40O3. The molecule has 1 aliphatic carbocycles. The molecule has 0 heterocycles. The smallest absolute Gasteiger partial charge is 0.333 e. The molecule has 1 aromatic carbocycles. The van der Waals surface area contributed by atoms with Crippen LogP contribution >= 0.6 is 0 Å². The quantitative estimate of drug-likeness (QED) is 0.247. The van der Waals surface area contributed by atoms with Crippen LogP contribution in [0.1, 0.15) is 101 Å². The van der Waals surface area contributed by atoms with E-state index in [1.807, 2.05) is 0 Å². The Balaban J connectivity index is 1.78. The van der Waals surface area contributed by atoms with Gasteiger partial charge in [0.05, 0.1) is 6.61 Å². The lowest BCUT2D eigenvalue weighted by Crippen LogP contribution is -2.16. The third kappa shape index (κ3) is 7.97. The van der Waals surface area contributed by atoms with Gasteiger partial charge in [-0.05, 0) is 55.6 Å². The average Bonchev–Trinajstić information content (AvgIpc) is 2.74. The molecular weight excluding hydrogens is 360 g/mol. The number of esters is 1. The van der Waals surface area contributed by atoms with Crippen LogP contribution in [0.25, 0.3) is 0 Å². The molecule has 0 saturated heterocycles. The van der Waals surface area contributed by atoms with Gasteiger partial charge in [-0.1, -0.05) is 76.3 Å². The maximum atomic E-state index is 11.6. The van der Waals surface area contributed by atoms with Gasteiger partial charge in [-0.25, -0.2) is 4.79 Å². The summed E-state index contributed by atoms with van der Waals surface area (Å²) in [5, 5.41) is 9.68. The van der Waals surface area contributed by atoms with Gasteiger partial charge in [-0.2, -0.15) is 0 Å². The Morgan fingerprint density at radius 1 is 1.10 bits per heavy atom. The first-order valence-electron chi connectivity index (χ1n) is 11.6. The molecule has 0 aliphatic heterocycles. The van der Waals surface area contributed by atoms with Crippen molar-refractivity contribution in [3.63, 3.8) is 0 Å². The minimum Gasteiger partial charge on any atom is -0.462 e. The van der Waals surface area contributed by atoms with Crippen LogP contribution in [0, 0.1) is 5.92 Å². The number of hydrogen-bond donors (Lipinski definition) is 1. The molecule has 1 unspecified atom stereocenters. The molecule has 1 aliphatic rings. The van der Waals surface area contributed by atoms with Crippen molar-refractivity contribution in [1.29, 1.82) is 0 Å². The largest absolute Gasteiger partial charge is 0.462 e. The highest BCUT2D eigenvalue weighted by Crippen LogP contribution is 2.38. The fraction of sp³-hybridized carbons (Fsp3) is 0.654. The van der Waals surface area contributed by atoms with Gasteiger partial charge in [0.1, 0.15) is 6.61 Å². The lowest BCUT2D eigenvalue weighted by Gasteiger charge is -2.29. The van der Waals surface area contributed by atoms with Gasteiger partial charge in [-0.15, -0.1) is 0 Å². The van der Waals surface area contributed by atoms with Crippen LogP contribution in [0.15, 0.2) is 36.4 Å². The zero-order valence-electron chi connectivity index (χ0n) is 18.5. The first-order valence-corrected chi connectivity index (χ1v) is 11.6. The highest BCUT2D eigenvalue weighted by molar-refractivity contribution is 5.86. The number of carbonyl (C=O) groups excluding carboxylic acids is 1. The lowest BCUT2D eigenvalue weighted by atomic mass is 9.77. The van der Waals surface area contributed by atoms with Crippen molar-refractivity contribution in [1.82, 2.24) is 0 Å². The van der Waals surface area contributed by atoms with E-state index in [1.165, 1.54) is 69.8 Å². The van der Waals surface area contributed by atoms with Crippen molar-refractivity contribution in [2.45, 2.75) is 89.9 Å². The Hall–Kier alpha value is -1.61. The Morgan fingerprint density at radius 2 is 1.76 bits per heavy atom. The van der Waals surface area contributed by atoms with Gasteiger partial charge >= 0.3 is 5.97 Å². The normalized spacial score (nSPS) is 20.2. The van der Waals surface area contributed by atoms with E-state index in [0.29, 0.717) is 11.5 Å². The van der Waals surface area contributed by atoms with Crippen LogP contribution in [0.3, 0.4) is 0 Å². The Labute approximate surface area is 177 Å². The van der Waals surface area contributed by atoms with Gasteiger partial charge in [0.2, 0.25) is 0 Å².